The van der Waals surface area contributed by atoms with E-state index in [9.17, 15) is 10.1 Å². The first kappa shape index (κ1) is 23.5. The van der Waals surface area contributed by atoms with Crippen LogP contribution in [0.3, 0.4) is 0 Å². The van der Waals surface area contributed by atoms with Crippen LogP contribution >= 0.6 is 24.0 Å². The summed E-state index contributed by atoms with van der Waals surface area (Å²) in [6.07, 6.45) is 0. The van der Waals surface area contributed by atoms with Crippen molar-refractivity contribution >= 4 is 35.6 Å². The Morgan fingerprint density at radius 2 is 1.82 bits per heavy atom. The van der Waals surface area contributed by atoms with Crippen molar-refractivity contribution in [3.8, 4) is 11.5 Å². The average molecular weight is 500 g/mol. The zero-order valence-electron chi connectivity index (χ0n) is 16.1. The molecule has 152 valence electrons. The van der Waals surface area contributed by atoms with E-state index < -0.39 is 0 Å². The topological polar surface area (TPSA) is 98.0 Å². The molecule has 0 amide bonds. The molecular formula is C19H25IN4O4. The Hall–Kier alpha value is -2.56. The summed E-state index contributed by atoms with van der Waals surface area (Å²) in [5, 5.41) is 17.4. The first-order chi connectivity index (χ1) is 13.1. The first-order valence-electron chi connectivity index (χ1n) is 8.54. The maximum absolute atomic E-state index is 11.1. The molecule has 0 bridgehead atoms. The van der Waals surface area contributed by atoms with Crippen LogP contribution in [0.4, 0.5) is 5.69 Å². The largest absolute Gasteiger partial charge is 0.493 e. The number of hydrogen-bond acceptors (Lipinski definition) is 5. The molecule has 2 rings (SSSR count). The summed E-state index contributed by atoms with van der Waals surface area (Å²) in [7, 11) is 3.18. The summed E-state index contributed by atoms with van der Waals surface area (Å²) in [6, 6.07) is 12.3. The van der Waals surface area contributed by atoms with Gasteiger partial charge in [-0.25, -0.2) is 4.99 Å². The number of nitro benzene ring substituents is 1. The molecule has 0 unspecified atom stereocenters. The van der Waals surface area contributed by atoms with E-state index in [1.807, 2.05) is 25.1 Å². The van der Waals surface area contributed by atoms with E-state index in [0.717, 1.165) is 5.56 Å². The quantitative estimate of drug-likeness (QED) is 0.189. The summed E-state index contributed by atoms with van der Waals surface area (Å²) in [6.45, 7) is 3.36. The molecule has 2 aromatic carbocycles. The lowest BCUT2D eigenvalue weighted by Gasteiger charge is -2.12. The van der Waals surface area contributed by atoms with E-state index >= 15 is 0 Å². The Labute approximate surface area is 181 Å². The van der Waals surface area contributed by atoms with Crippen LogP contribution < -0.4 is 20.1 Å². The van der Waals surface area contributed by atoms with Crippen LogP contribution in [0, 0.1) is 10.1 Å². The minimum absolute atomic E-state index is 0. The zero-order valence-corrected chi connectivity index (χ0v) is 18.4. The van der Waals surface area contributed by atoms with Crippen molar-refractivity contribution in [2.75, 3.05) is 20.8 Å². The molecule has 2 N–H and O–H groups in total. The van der Waals surface area contributed by atoms with E-state index in [1.165, 1.54) is 6.07 Å². The highest BCUT2D eigenvalue weighted by Gasteiger charge is 2.12. The van der Waals surface area contributed by atoms with Crippen LogP contribution in [0.15, 0.2) is 47.5 Å². The zero-order chi connectivity index (χ0) is 19.6. The van der Waals surface area contributed by atoms with Gasteiger partial charge in [0.05, 0.1) is 25.7 Å². The van der Waals surface area contributed by atoms with Gasteiger partial charge in [0.25, 0.3) is 5.69 Å². The predicted molar refractivity (Wildman–Crippen MR) is 120 cm³/mol. The fraction of sp³-hybridized carbons (Fsp3) is 0.316. The Morgan fingerprint density at radius 3 is 2.46 bits per heavy atom. The van der Waals surface area contributed by atoms with Gasteiger partial charge in [0.2, 0.25) is 0 Å². The van der Waals surface area contributed by atoms with Crippen LogP contribution in [0.1, 0.15) is 18.1 Å². The average Bonchev–Trinajstić information content (AvgIpc) is 2.69. The monoisotopic (exact) mass is 500 g/mol. The number of ether oxygens (including phenoxy) is 2. The molecule has 0 aliphatic carbocycles. The van der Waals surface area contributed by atoms with Crippen molar-refractivity contribution in [1.29, 1.82) is 0 Å². The van der Waals surface area contributed by atoms with E-state index in [2.05, 4.69) is 15.6 Å². The van der Waals surface area contributed by atoms with Gasteiger partial charge in [-0.1, -0.05) is 24.3 Å². The van der Waals surface area contributed by atoms with E-state index in [-0.39, 0.29) is 34.6 Å². The molecule has 0 fully saturated rings. The molecule has 28 heavy (non-hydrogen) atoms. The third kappa shape index (κ3) is 6.55. The second-order valence-corrected chi connectivity index (χ2v) is 5.62. The predicted octanol–water partition coefficient (Wildman–Crippen LogP) is 3.49. The van der Waals surface area contributed by atoms with Gasteiger partial charge in [-0.15, -0.1) is 24.0 Å². The SMILES string of the molecule is CCNC(=NCc1ccc(OC)c(OC)c1)NCc1ccccc1[N+](=O)[O-].I. The molecule has 9 heteroatoms. The third-order valence-corrected chi connectivity index (χ3v) is 3.85. The maximum atomic E-state index is 11.1. The summed E-state index contributed by atoms with van der Waals surface area (Å²) in [5.74, 6) is 1.88. The van der Waals surface area contributed by atoms with Gasteiger partial charge in [-0.2, -0.15) is 0 Å². The molecule has 0 aromatic heterocycles. The standard InChI is InChI=1S/C19H24N4O4.HI/c1-4-20-19(22-13-15-7-5-6-8-16(15)23(24)25)21-12-14-9-10-17(26-2)18(11-14)27-3;/h5-11H,4,12-13H2,1-3H3,(H2,20,21,22);1H. The highest BCUT2D eigenvalue weighted by atomic mass is 127. The molecule has 2 aromatic rings. The smallest absolute Gasteiger partial charge is 0.274 e. The number of nitrogens with one attached hydrogen (secondary N) is 2. The van der Waals surface area contributed by atoms with E-state index in [0.29, 0.717) is 42.7 Å². The van der Waals surface area contributed by atoms with Crippen molar-refractivity contribution in [3.05, 3.63) is 63.7 Å². The van der Waals surface area contributed by atoms with E-state index in [4.69, 9.17) is 9.47 Å². The third-order valence-electron chi connectivity index (χ3n) is 3.85. The molecule has 0 aliphatic heterocycles. The van der Waals surface area contributed by atoms with E-state index in [1.54, 1.807) is 32.4 Å². The number of hydrogen-bond donors (Lipinski definition) is 2. The van der Waals surface area contributed by atoms with Crippen molar-refractivity contribution in [2.24, 2.45) is 4.99 Å². The number of nitro groups is 1. The number of benzene rings is 2. The Kier molecular flexibility index (Phi) is 10.1. The number of rotatable bonds is 8. The van der Waals surface area contributed by atoms with Gasteiger partial charge < -0.3 is 20.1 Å². The molecule has 0 spiro atoms. The summed E-state index contributed by atoms with van der Waals surface area (Å²) >= 11 is 0. The van der Waals surface area contributed by atoms with Gasteiger partial charge in [0.15, 0.2) is 17.5 Å². The second kappa shape index (κ2) is 12.0. The highest BCUT2D eigenvalue weighted by Crippen LogP contribution is 2.27. The lowest BCUT2D eigenvalue weighted by Crippen LogP contribution is -2.36. The van der Waals surface area contributed by atoms with Crippen LogP contribution in [0.5, 0.6) is 11.5 Å². The number of methoxy groups -OCH3 is 2. The minimum Gasteiger partial charge on any atom is -0.493 e. The molecule has 0 saturated heterocycles. The molecule has 0 saturated carbocycles. The minimum atomic E-state index is -0.384. The van der Waals surface area contributed by atoms with Crippen molar-refractivity contribution < 1.29 is 14.4 Å². The number of guanidine groups is 1. The Bertz CT molecular complexity index is 814. The van der Waals surface area contributed by atoms with Crippen molar-refractivity contribution in [3.63, 3.8) is 0 Å². The molecule has 0 atom stereocenters. The van der Waals surface area contributed by atoms with Gasteiger partial charge >= 0.3 is 0 Å². The Balaban J connectivity index is 0.00000392. The molecule has 0 aliphatic rings. The van der Waals surface area contributed by atoms with Gasteiger partial charge in [0.1, 0.15) is 0 Å². The molecule has 0 heterocycles. The van der Waals surface area contributed by atoms with Gasteiger partial charge in [0, 0.05) is 24.7 Å². The van der Waals surface area contributed by atoms with Gasteiger partial charge in [-0.05, 0) is 24.6 Å². The summed E-state index contributed by atoms with van der Waals surface area (Å²) in [5.41, 5.74) is 1.63. The molecule has 8 nitrogen and oxygen atoms in total. The van der Waals surface area contributed by atoms with Gasteiger partial charge in [-0.3, -0.25) is 10.1 Å². The number of nitrogens with zero attached hydrogens (tertiary/aromatic N) is 2. The molecule has 0 radical (unpaired) electrons. The van der Waals surface area contributed by atoms with Crippen molar-refractivity contribution in [2.45, 2.75) is 20.0 Å². The number of aliphatic imine (C=N–C) groups is 1. The fourth-order valence-corrected chi connectivity index (χ4v) is 2.51. The number of halogens is 1. The summed E-state index contributed by atoms with van der Waals surface area (Å²) in [4.78, 5) is 15.3. The second-order valence-electron chi connectivity index (χ2n) is 5.62. The Morgan fingerprint density at radius 1 is 1.11 bits per heavy atom. The summed E-state index contributed by atoms with van der Waals surface area (Å²) < 4.78 is 10.5. The fourth-order valence-electron chi connectivity index (χ4n) is 2.51. The van der Waals surface area contributed by atoms with Crippen LogP contribution in [-0.4, -0.2) is 31.6 Å². The lowest BCUT2D eigenvalue weighted by molar-refractivity contribution is -0.385. The lowest BCUT2D eigenvalue weighted by atomic mass is 10.2. The van der Waals surface area contributed by atoms with Crippen LogP contribution in [0.2, 0.25) is 0 Å². The maximum Gasteiger partial charge on any atom is 0.274 e. The van der Waals surface area contributed by atoms with Crippen LogP contribution in [0.25, 0.3) is 0 Å². The van der Waals surface area contributed by atoms with Crippen LogP contribution in [-0.2, 0) is 13.1 Å². The normalized spacial score (nSPS) is 10.6. The molecular weight excluding hydrogens is 475 g/mol. The highest BCUT2D eigenvalue weighted by molar-refractivity contribution is 14.0. The van der Waals surface area contributed by atoms with Crippen molar-refractivity contribution in [1.82, 2.24) is 10.6 Å². The number of para-hydroxylation sites is 1. The first-order valence-corrected chi connectivity index (χ1v) is 8.54.